The molecule has 0 saturated heterocycles. The van der Waals surface area contributed by atoms with Crippen LogP contribution in [0.5, 0.6) is 0 Å². The van der Waals surface area contributed by atoms with Gasteiger partial charge in [0, 0.05) is 25.4 Å². The summed E-state index contributed by atoms with van der Waals surface area (Å²) in [4.78, 5) is 12.2. The lowest BCUT2D eigenvalue weighted by atomic mass is 10.1. The maximum Gasteiger partial charge on any atom is 0.251 e. The molecule has 4 heteroatoms. The summed E-state index contributed by atoms with van der Waals surface area (Å²) < 4.78 is 5.14. The van der Waals surface area contributed by atoms with E-state index in [9.17, 15) is 4.79 Å². The van der Waals surface area contributed by atoms with Crippen molar-refractivity contribution in [3.05, 3.63) is 29.3 Å². The molecule has 0 bridgehead atoms. The molecule has 2 N–H and O–H groups in total. The van der Waals surface area contributed by atoms with E-state index in [1.54, 1.807) is 7.11 Å². The first-order valence-corrected chi connectivity index (χ1v) is 6.70. The Balaban J connectivity index is 2.76. The van der Waals surface area contributed by atoms with Gasteiger partial charge in [-0.25, -0.2) is 0 Å². The SMILES string of the molecule is CCCC(COC)NC(=O)c1ccc(NC)cc1C. The van der Waals surface area contributed by atoms with Gasteiger partial charge in [-0.2, -0.15) is 0 Å². The zero-order valence-corrected chi connectivity index (χ0v) is 12.2. The Bertz CT molecular complexity index is 413. The number of aryl methyl sites for hydroxylation is 1. The maximum atomic E-state index is 12.2. The summed E-state index contributed by atoms with van der Waals surface area (Å²) in [5, 5.41) is 6.09. The number of rotatable bonds is 7. The van der Waals surface area contributed by atoms with Gasteiger partial charge in [0.1, 0.15) is 0 Å². The van der Waals surface area contributed by atoms with Gasteiger partial charge in [0.25, 0.3) is 5.91 Å². The molecule has 1 aromatic carbocycles. The molecule has 1 unspecified atom stereocenters. The molecule has 0 aliphatic rings. The van der Waals surface area contributed by atoms with Crippen molar-refractivity contribution in [3.8, 4) is 0 Å². The van der Waals surface area contributed by atoms with E-state index in [0.29, 0.717) is 6.61 Å². The van der Waals surface area contributed by atoms with Crippen LogP contribution in [0.15, 0.2) is 18.2 Å². The van der Waals surface area contributed by atoms with Gasteiger partial charge in [0.15, 0.2) is 0 Å². The predicted octanol–water partition coefficient (Wildman–Crippen LogP) is 2.58. The summed E-state index contributed by atoms with van der Waals surface area (Å²) in [5.74, 6) is -0.0318. The Morgan fingerprint density at radius 1 is 1.42 bits per heavy atom. The van der Waals surface area contributed by atoms with E-state index in [2.05, 4.69) is 17.6 Å². The average Bonchev–Trinajstić information content (AvgIpc) is 2.38. The Morgan fingerprint density at radius 3 is 2.68 bits per heavy atom. The van der Waals surface area contributed by atoms with Crippen LogP contribution in [-0.2, 0) is 4.74 Å². The molecule has 0 aliphatic heterocycles. The lowest BCUT2D eigenvalue weighted by Crippen LogP contribution is -2.38. The van der Waals surface area contributed by atoms with E-state index >= 15 is 0 Å². The van der Waals surface area contributed by atoms with Gasteiger partial charge in [-0.05, 0) is 37.1 Å². The molecule has 19 heavy (non-hydrogen) atoms. The minimum atomic E-state index is -0.0318. The third-order valence-electron chi connectivity index (χ3n) is 3.10. The van der Waals surface area contributed by atoms with E-state index in [1.807, 2.05) is 32.2 Å². The molecular formula is C15H24N2O2. The van der Waals surface area contributed by atoms with Crippen LogP contribution in [0.3, 0.4) is 0 Å². The summed E-state index contributed by atoms with van der Waals surface area (Å²) >= 11 is 0. The van der Waals surface area contributed by atoms with Gasteiger partial charge in [-0.1, -0.05) is 13.3 Å². The predicted molar refractivity (Wildman–Crippen MR) is 78.8 cm³/mol. The van der Waals surface area contributed by atoms with Crippen molar-refractivity contribution in [2.75, 3.05) is 26.1 Å². The quantitative estimate of drug-likeness (QED) is 0.796. The molecule has 4 nitrogen and oxygen atoms in total. The minimum absolute atomic E-state index is 0.0318. The van der Waals surface area contributed by atoms with Crippen LogP contribution < -0.4 is 10.6 Å². The molecule has 1 atom stereocenters. The highest BCUT2D eigenvalue weighted by atomic mass is 16.5. The number of hydrogen-bond donors (Lipinski definition) is 2. The molecule has 1 aromatic rings. The van der Waals surface area contributed by atoms with Gasteiger partial charge in [-0.15, -0.1) is 0 Å². The Morgan fingerprint density at radius 2 is 2.16 bits per heavy atom. The van der Waals surface area contributed by atoms with Crippen LogP contribution in [0, 0.1) is 6.92 Å². The minimum Gasteiger partial charge on any atom is -0.388 e. The van der Waals surface area contributed by atoms with E-state index in [-0.39, 0.29) is 11.9 Å². The standard InChI is InChI=1S/C15H24N2O2/c1-5-6-13(10-19-4)17-15(18)14-8-7-12(16-3)9-11(14)2/h7-9,13,16H,5-6,10H2,1-4H3,(H,17,18). The first-order valence-electron chi connectivity index (χ1n) is 6.70. The number of benzene rings is 1. The maximum absolute atomic E-state index is 12.2. The van der Waals surface area contributed by atoms with Gasteiger partial charge in [0.2, 0.25) is 0 Å². The molecule has 0 saturated carbocycles. The van der Waals surface area contributed by atoms with Crippen molar-refractivity contribution in [2.45, 2.75) is 32.7 Å². The molecule has 1 rings (SSSR count). The lowest BCUT2D eigenvalue weighted by Gasteiger charge is -2.18. The van der Waals surface area contributed by atoms with Crippen molar-refractivity contribution in [2.24, 2.45) is 0 Å². The fraction of sp³-hybridized carbons (Fsp3) is 0.533. The largest absolute Gasteiger partial charge is 0.388 e. The second-order valence-electron chi connectivity index (χ2n) is 4.69. The third kappa shape index (κ3) is 4.56. The van der Waals surface area contributed by atoms with E-state index in [0.717, 1.165) is 29.7 Å². The highest BCUT2D eigenvalue weighted by molar-refractivity contribution is 5.96. The third-order valence-corrected chi connectivity index (χ3v) is 3.10. The first kappa shape index (κ1) is 15.5. The van der Waals surface area contributed by atoms with Crippen molar-refractivity contribution < 1.29 is 9.53 Å². The number of carbonyl (C=O) groups is 1. The van der Waals surface area contributed by atoms with Crippen molar-refractivity contribution in [3.63, 3.8) is 0 Å². The second-order valence-corrected chi connectivity index (χ2v) is 4.69. The number of hydrogen-bond acceptors (Lipinski definition) is 3. The number of amides is 1. The van der Waals surface area contributed by atoms with Gasteiger partial charge >= 0.3 is 0 Å². The summed E-state index contributed by atoms with van der Waals surface area (Å²) in [5.41, 5.74) is 2.70. The monoisotopic (exact) mass is 264 g/mol. The fourth-order valence-corrected chi connectivity index (χ4v) is 2.08. The zero-order chi connectivity index (χ0) is 14.3. The fourth-order valence-electron chi connectivity index (χ4n) is 2.08. The number of ether oxygens (including phenoxy) is 1. The Hall–Kier alpha value is -1.55. The molecule has 1 amide bonds. The van der Waals surface area contributed by atoms with E-state index < -0.39 is 0 Å². The summed E-state index contributed by atoms with van der Waals surface area (Å²) in [6.07, 6.45) is 1.94. The number of nitrogens with one attached hydrogen (secondary N) is 2. The molecule has 0 aliphatic carbocycles. The van der Waals surface area contributed by atoms with Gasteiger partial charge in [-0.3, -0.25) is 4.79 Å². The van der Waals surface area contributed by atoms with E-state index in [4.69, 9.17) is 4.74 Å². The second kappa shape index (κ2) is 7.79. The molecule has 0 fully saturated rings. The highest BCUT2D eigenvalue weighted by Gasteiger charge is 2.14. The average molecular weight is 264 g/mol. The molecule has 0 radical (unpaired) electrons. The van der Waals surface area contributed by atoms with Crippen molar-refractivity contribution >= 4 is 11.6 Å². The highest BCUT2D eigenvalue weighted by Crippen LogP contribution is 2.15. The van der Waals surface area contributed by atoms with Crippen LogP contribution in [0.25, 0.3) is 0 Å². The summed E-state index contributed by atoms with van der Waals surface area (Å²) in [6, 6.07) is 5.81. The van der Waals surface area contributed by atoms with Gasteiger partial charge < -0.3 is 15.4 Å². The van der Waals surface area contributed by atoms with Crippen LogP contribution in [-0.4, -0.2) is 32.7 Å². The molecule has 106 valence electrons. The van der Waals surface area contributed by atoms with Crippen LogP contribution in [0.1, 0.15) is 35.7 Å². The lowest BCUT2D eigenvalue weighted by molar-refractivity contribution is 0.0891. The van der Waals surface area contributed by atoms with E-state index in [1.165, 1.54) is 0 Å². The summed E-state index contributed by atoms with van der Waals surface area (Å²) in [6.45, 7) is 4.59. The molecule has 0 spiro atoms. The normalized spacial score (nSPS) is 12.0. The summed E-state index contributed by atoms with van der Waals surface area (Å²) in [7, 11) is 3.52. The Labute approximate surface area is 115 Å². The number of anilines is 1. The van der Waals surface area contributed by atoms with Gasteiger partial charge in [0.05, 0.1) is 12.6 Å². The number of carbonyl (C=O) groups excluding carboxylic acids is 1. The molecular weight excluding hydrogens is 240 g/mol. The van der Waals surface area contributed by atoms with Crippen molar-refractivity contribution in [1.82, 2.24) is 5.32 Å². The topological polar surface area (TPSA) is 50.4 Å². The van der Waals surface area contributed by atoms with Crippen LogP contribution in [0.4, 0.5) is 5.69 Å². The van der Waals surface area contributed by atoms with Crippen LogP contribution in [0.2, 0.25) is 0 Å². The van der Waals surface area contributed by atoms with Crippen LogP contribution >= 0.6 is 0 Å². The van der Waals surface area contributed by atoms with Crippen molar-refractivity contribution in [1.29, 1.82) is 0 Å². The number of methoxy groups -OCH3 is 1. The zero-order valence-electron chi connectivity index (χ0n) is 12.2. The smallest absolute Gasteiger partial charge is 0.251 e. The molecule has 0 aromatic heterocycles. The first-order chi connectivity index (χ1) is 9.12. The molecule has 0 heterocycles. The Kier molecular flexibility index (Phi) is 6.36.